The molecule has 2 saturated carbocycles. The highest BCUT2D eigenvalue weighted by Gasteiger charge is 2.29. The zero-order valence-corrected chi connectivity index (χ0v) is 25.4. The van der Waals surface area contributed by atoms with Gasteiger partial charge in [0.25, 0.3) is 0 Å². The molecule has 0 radical (unpaired) electrons. The van der Waals surface area contributed by atoms with E-state index in [4.69, 9.17) is 9.88 Å². The average Bonchev–Trinajstić information content (AvgIpc) is 3.50. The maximum atomic E-state index is 14.9. The Balaban J connectivity index is 1.47. The van der Waals surface area contributed by atoms with Crippen LogP contribution >= 0.6 is 11.3 Å². The van der Waals surface area contributed by atoms with Crippen molar-refractivity contribution in [1.29, 1.82) is 0 Å². The van der Waals surface area contributed by atoms with Gasteiger partial charge in [0, 0.05) is 46.4 Å². The minimum Gasteiger partial charge on any atom is -0.461 e. The predicted octanol–water partition coefficient (Wildman–Crippen LogP) is 6.26. The number of primary sulfonamides is 1. The van der Waals surface area contributed by atoms with Gasteiger partial charge in [0.1, 0.15) is 15.7 Å². The Kier molecular flexibility index (Phi) is 8.23. The Hall–Kier alpha value is -3.78. The lowest BCUT2D eigenvalue weighted by Crippen LogP contribution is -2.14. The van der Waals surface area contributed by atoms with E-state index in [9.17, 15) is 17.6 Å². The van der Waals surface area contributed by atoms with Gasteiger partial charge >= 0.3 is 5.97 Å². The molecule has 0 unspecified atom stereocenters. The number of esters is 1. The lowest BCUT2D eigenvalue weighted by molar-refractivity contribution is 0.0520. The maximum Gasteiger partial charge on any atom is 0.357 e. The summed E-state index contributed by atoms with van der Waals surface area (Å²) in [7, 11) is -4.18. The quantitative estimate of drug-likeness (QED) is 0.176. The van der Waals surface area contributed by atoms with Gasteiger partial charge in [0.2, 0.25) is 10.0 Å². The van der Waals surface area contributed by atoms with Crippen LogP contribution in [0.2, 0.25) is 0 Å². The molecule has 0 saturated heterocycles. The van der Waals surface area contributed by atoms with Gasteiger partial charge in [-0.05, 0) is 86.4 Å². The number of nitrogens with zero attached hydrogens (tertiary/aromatic N) is 2. The molecule has 2 fully saturated rings. The van der Waals surface area contributed by atoms with E-state index in [0.717, 1.165) is 60.2 Å². The van der Waals surface area contributed by atoms with Crippen molar-refractivity contribution in [1.82, 2.24) is 9.55 Å². The van der Waals surface area contributed by atoms with Crippen molar-refractivity contribution in [3.63, 3.8) is 0 Å². The number of carbonyl (C=O) groups is 1. The van der Waals surface area contributed by atoms with E-state index >= 15 is 0 Å². The van der Waals surface area contributed by atoms with Crippen LogP contribution in [0.1, 0.15) is 71.9 Å². The van der Waals surface area contributed by atoms with Gasteiger partial charge < -0.3 is 9.30 Å². The molecule has 2 aromatic heterocycles. The number of halogens is 1. The number of carbonyl (C=O) groups excluding carboxylic acids is 1. The number of hydrogen-bond acceptors (Lipinski definition) is 6. The monoisotopic (exact) mass is 617 g/mol. The molecular formula is C33H32FN3O4S2. The van der Waals surface area contributed by atoms with Crippen LogP contribution in [0.5, 0.6) is 0 Å². The molecule has 2 aliphatic carbocycles. The van der Waals surface area contributed by atoms with E-state index in [1.54, 1.807) is 18.4 Å². The first-order valence-electron chi connectivity index (χ1n) is 14.5. The largest absolute Gasteiger partial charge is 0.461 e. The Morgan fingerprint density at radius 1 is 1.19 bits per heavy atom. The third-order valence-corrected chi connectivity index (χ3v) is 9.78. The van der Waals surface area contributed by atoms with E-state index in [-0.39, 0.29) is 12.3 Å². The SMILES string of the molecule is CCOC(=O)c1csc(-c2cn(-c3cccc(C#CC4CCC4)c3)c(Cc3ccc(S(N)(=O)=O)c(F)c3)c2CC2CC2)n1. The number of aromatic nitrogens is 2. The summed E-state index contributed by atoms with van der Waals surface area (Å²) < 4.78 is 45.8. The summed E-state index contributed by atoms with van der Waals surface area (Å²) in [6, 6.07) is 12.1. The fraction of sp³-hybridized carbons (Fsp3) is 0.333. The van der Waals surface area contributed by atoms with E-state index in [1.807, 2.05) is 24.4 Å². The first-order valence-corrected chi connectivity index (χ1v) is 16.9. The summed E-state index contributed by atoms with van der Waals surface area (Å²) in [6.45, 7) is 2.02. The van der Waals surface area contributed by atoms with Crippen LogP contribution in [0.4, 0.5) is 4.39 Å². The molecule has 6 rings (SSSR count). The molecule has 0 bridgehead atoms. The first kappa shape index (κ1) is 29.3. The molecule has 10 heteroatoms. The van der Waals surface area contributed by atoms with Gasteiger partial charge in [-0.2, -0.15) is 0 Å². The van der Waals surface area contributed by atoms with E-state index in [1.165, 1.54) is 29.9 Å². The minimum atomic E-state index is -4.18. The topological polar surface area (TPSA) is 104 Å². The predicted molar refractivity (Wildman–Crippen MR) is 164 cm³/mol. The van der Waals surface area contributed by atoms with Crippen LogP contribution < -0.4 is 5.14 Å². The van der Waals surface area contributed by atoms with Gasteiger partial charge in [-0.3, -0.25) is 0 Å². The molecule has 222 valence electrons. The van der Waals surface area contributed by atoms with Crippen molar-refractivity contribution in [2.45, 2.75) is 56.8 Å². The molecule has 2 aromatic carbocycles. The second kappa shape index (κ2) is 12.1. The lowest BCUT2D eigenvalue weighted by Gasteiger charge is -2.18. The summed E-state index contributed by atoms with van der Waals surface area (Å²) in [5.41, 5.74) is 5.63. The third-order valence-electron chi connectivity index (χ3n) is 7.96. The molecule has 2 heterocycles. The average molecular weight is 618 g/mol. The van der Waals surface area contributed by atoms with Gasteiger partial charge in [0.05, 0.1) is 6.61 Å². The summed E-state index contributed by atoms with van der Waals surface area (Å²) in [6.07, 6.45) is 8.96. The second-order valence-electron chi connectivity index (χ2n) is 11.2. The Morgan fingerprint density at radius 3 is 2.67 bits per heavy atom. The number of nitrogens with two attached hydrogens (primary N) is 1. The fourth-order valence-corrected chi connectivity index (χ4v) is 6.69. The molecule has 0 atom stereocenters. The van der Waals surface area contributed by atoms with Crippen LogP contribution in [0.25, 0.3) is 16.3 Å². The van der Waals surface area contributed by atoms with Crippen molar-refractivity contribution in [3.8, 4) is 28.1 Å². The van der Waals surface area contributed by atoms with Crippen molar-refractivity contribution < 1.29 is 22.3 Å². The normalized spacial score (nSPS) is 15.0. The number of hydrogen-bond donors (Lipinski definition) is 1. The van der Waals surface area contributed by atoms with Gasteiger partial charge in [-0.1, -0.05) is 30.4 Å². The molecule has 7 nitrogen and oxygen atoms in total. The highest BCUT2D eigenvalue weighted by Crippen LogP contribution is 2.40. The van der Waals surface area contributed by atoms with Gasteiger partial charge in [-0.25, -0.2) is 27.7 Å². The number of benzene rings is 2. The maximum absolute atomic E-state index is 14.9. The van der Waals surface area contributed by atoms with Crippen molar-refractivity contribution in [2.24, 2.45) is 17.0 Å². The van der Waals surface area contributed by atoms with Crippen LogP contribution in [0.3, 0.4) is 0 Å². The molecule has 4 aromatic rings. The molecular weight excluding hydrogens is 586 g/mol. The first-order chi connectivity index (χ1) is 20.7. The Morgan fingerprint density at radius 2 is 2.00 bits per heavy atom. The summed E-state index contributed by atoms with van der Waals surface area (Å²) >= 11 is 1.38. The Labute approximate surface area is 255 Å². The standard InChI is InChI=1S/C33H32FN3O4S2/c1-2-41-33(38)29-20-42-32(36-29)27-19-37(25-8-4-7-22(15-25)10-9-21-5-3-6-21)30(26(27)16-23-11-12-23)18-24-13-14-31(28(34)17-24)43(35,39)40/h4,7-8,13-15,17,19-21,23H,2-3,5-6,11-12,16,18H2,1H3,(H2,35,39,40). The molecule has 2 aliphatic rings. The summed E-state index contributed by atoms with van der Waals surface area (Å²) in [5.74, 6) is 6.35. The smallest absolute Gasteiger partial charge is 0.357 e. The number of sulfonamides is 1. The number of ether oxygens (including phenoxy) is 1. The molecule has 0 aliphatic heterocycles. The number of thiazole rings is 1. The fourth-order valence-electron chi connectivity index (χ4n) is 5.28. The molecule has 43 heavy (non-hydrogen) atoms. The van der Waals surface area contributed by atoms with Gasteiger partial charge in [-0.15, -0.1) is 11.3 Å². The Bertz CT molecular complexity index is 1860. The second-order valence-corrected chi connectivity index (χ2v) is 13.6. The van der Waals surface area contributed by atoms with E-state index in [2.05, 4.69) is 27.5 Å². The summed E-state index contributed by atoms with van der Waals surface area (Å²) in [5, 5.41) is 7.62. The highest BCUT2D eigenvalue weighted by molar-refractivity contribution is 7.89. The van der Waals surface area contributed by atoms with E-state index < -0.39 is 26.7 Å². The van der Waals surface area contributed by atoms with Crippen molar-refractivity contribution >= 4 is 27.3 Å². The zero-order valence-electron chi connectivity index (χ0n) is 23.8. The highest BCUT2D eigenvalue weighted by atomic mass is 32.2. The van der Waals surface area contributed by atoms with Crippen LogP contribution in [-0.4, -0.2) is 30.5 Å². The minimum absolute atomic E-state index is 0.264. The number of rotatable bonds is 9. The van der Waals surface area contributed by atoms with Crippen LogP contribution in [-0.2, 0) is 27.6 Å². The van der Waals surface area contributed by atoms with E-state index in [0.29, 0.717) is 28.8 Å². The van der Waals surface area contributed by atoms with Crippen LogP contribution in [0.15, 0.2) is 58.9 Å². The molecule has 0 amide bonds. The third kappa shape index (κ3) is 6.59. The van der Waals surface area contributed by atoms with Crippen molar-refractivity contribution in [2.75, 3.05) is 6.61 Å². The molecule has 2 N–H and O–H groups in total. The van der Waals surface area contributed by atoms with Crippen LogP contribution in [0, 0.1) is 29.5 Å². The molecule has 0 spiro atoms. The lowest BCUT2D eigenvalue weighted by atomic mass is 9.86. The summed E-state index contributed by atoms with van der Waals surface area (Å²) in [4.78, 5) is 16.5. The van der Waals surface area contributed by atoms with Gasteiger partial charge in [0.15, 0.2) is 5.69 Å². The zero-order chi connectivity index (χ0) is 30.1. The van der Waals surface area contributed by atoms with Crippen molar-refractivity contribution in [3.05, 3.63) is 87.9 Å².